The van der Waals surface area contributed by atoms with E-state index < -0.39 is 28.3 Å². The highest BCUT2D eigenvalue weighted by atomic mass is 32.2. The lowest BCUT2D eigenvalue weighted by molar-refractivity contribution is -0.119. The number of rotatable bonds is 8. The van der Waals surface area contributed by atoms with Gasteiger partial charge in [0.2, 0.25) is 5.91 Å². The Morgan fingerprint density at radius 1 is 1.03 bits per heavy atom. The summed E-state index contributed by atoms with van der Waals surface area (Å²) >= 11 is 0. The van der Waals surface area contributed by atoms with Crippen LogP contribution in [0.2, 0.25) is 0 Å². The molecule has 0 aliphatic carbocycles. The highest BCUT2D eigenvalue weighted by Gasteiger charge is 2.29. The SMILES string of the molecule is Cc1ccc(S(=O)(=O)N(CC(=O)NCc2ccccc2-n2ccnc2)c2ccccc2F)cc1. The van der Waals surface area contributed by atoms with Crippen molar-refractivity contribution >= 4 is 21.6 Å². The van der Waals surface area contributed by atoms with Crippen LogP contribution in [0, 0.1) is 12.7 Å². The molecule has 0 fully saturated rings. The second-order valence-corrected chi connectivity index (χ2v) is 9.51. The molecule has 3 aromatic carbocycles. The van der Waals surface area contributed by atoms with E-state index in [1.807, 2.05) is 35.8 Å². The fraction of sp³-hybridized carbons (Fsp3) is 0.120. The molecular formula is C25H23FN4O3S. The number of para-hydroxylation sites is 2. The van der Waals surface area contributed by atoms with Crippen LogP contribution in [0.3, 0.4) is 0 Å². The van der Waals surface area contributed by atoms with Crippen molar-refractivity contribution in [1.82, 2.24) is 14.9 Å². The van der Waals surface area contributed by atoms with Crippen molar-refractivity contribution in [2.75, 3.05) is 10.8 Å². The van der Waals surface area contributed by atoms with Gasteiger partial charge in [-0.1, -0.05) is 48.0 Å². The highest BCUT2D eigenvalue weighted by Crippen LogP contribution is 2.26. The number of hydrogen-bond acceptors (Lipinski definition) is 4. The maximum Gasteiger partial charge on any atom is 0.264 e. The van der Waals surface area contributed by atoms with E-state index in [1.54, 1.807) is 30.9 Å². The van der Waals surface area contributed by atoms with Crippen LogP contribution in [0.1, 0.15) is 11.1 Å². The smallest absolute Gasteiger partial charge is 0.264 e. The minimum absolute atomic E-state index is 0.0281. The maximum atomic E-state index is 14.6. The molecule has 4 aromatic rings. The largest absolute Gasteiger partial charge is 0.350 e. The minimum Gasteiger partial charge on any atom is -0.350 e. The fourth-order valence-corrected chi connectivity index (χ4v) is 4.91. The summed E-state index contributed by atoms with van der Waals surface area (Å²) < 4.78 is 44.0. The Morgan fingerprint density at radius 3 is 2.44 bits per heavy atom. The Hall–Kier alpha value is -3.98. The zero-order chi connectivity index (χ0) is 24.1. The fourth-order valence-electron chi connectivity index (χ4n) is 3.49. The van der Waals surface area contributed by atoms with Crippen LogP contribution in [0.5, 0.6) is 0 Å². The Morgan fingerprint density at radius 2 is 1.74 bits per heavy atom. The molecule has 1 aromatic heterocycles. The zero-order valence-corrected chi connectivity index (χ0v) is 19.2. The molecule has 1 N–H and O–H groups in total. The normalized spacial score (nSPS) is 11.2. The first kappa shape index (κ1) is 23.2. The number of carbonyl (C=O) groups is 1. The van der Waals surface area contributed by atoms with E-state index in [2.05, 4.69) is 10.3 Å². The van der Waals surface area contributed by atoms with Crippen LogP contribution in [0.25, 0.3) is 5.69 Å². The average molecular weight is 479 g/mol. The average Bonchev–Trinajstić information content (AvgIpc) is 3.37. The van der Waals surface area contributed by atoms with Crippen LogP contribution in [-0.4, -0.2) is 30.4 Å². The molecular weight excluding hydrogens is 455 g/mol. The van der Waals surface area contributed by atoms with Gasteiger partial charge in [-0.15, -0.1) is 0 Å². The van der Waals surface area contributed by atoms with Crippen molar-refractivity contribution in [2.45, 2.75) is 18.4 Å². The molecule has 1 heterocycles. The molecule has 7 nitrogen and oxygen atoms in total. The number of amides is 1. The summed E-state index contributed by atoms with van der Waals surface area (Å²) in [5, 5.41) is 2.75. The van der Waals surface area contributed by atoms with E-state index in [0.717, 1.165) is 27.2 Å². The molecule has 1 amide bonds. The van der Waals surface area contributed by atoms with E-state index in [1.165, 1.54) is 30.3 Å². The lowest BCUT2D eigenvalue weighted by Crippen LogP contribution is -2.41. The van der Waals surface area contributed by atoms with Gasteiger partial charge in [-0.2, -0.15) is 0 Å². The van der Waals surface area contributed by atoms with E-state index in [-0.39, 0.29) is 17.1 Å². The molecule has 0 radical (unpaired) electrons. The summed E-state index contributed by atoms with van der Waals surface area (Å²) in [6.07, 6.45) is 5.08. The van der Waals surface area contributed by atoms with Gasteiger partial charge in [0, 0.05) is 18.9 Å². The number of carbonyl (C=O) groups excluding carboxylic acids is 1. The number of nitrogens with zero attached hydrogens (tertiary/aromatic N) is 3. The van der Waals surface area contributed by atoms with E-state index in [4.69, 9.17) is 0 Å². The van der Waals surface area contributed by atoms with Gasteiger partial charge < -0.3 is 9.88 Å². The molecule has 0 aliphatic rings. The van der Waals surface area contributed by atoms with Crippen LogP contribution < -0.4 is 9.62 Å². The second-order valence-electron chi connectivity index (χ2n) is 7.65. The molecule has 0 atom stereocenters. The van der Waals surface area contributed by atoms with Gasteiger partial charge in [0.15, 0.2) is 0 Å². The summed E-state index contributed by atoms with van der Waals surface area (Å²) in [6, 6.07) is 19.1. The molecule has 0 saturated heterocycles. The third kappa shape index (κ3) is 4.99. The Kier molecular flexibility index (Phi) is 6.74. The predicted octanol–water partition coefficient (Wildman–Crippen LogP) is 3.83. The molecule has 0 saturated carbocycles. The lowest BCUT2D eigenvalue weighted by Gasteiger charge is -2.24. The Labute approximate surface area is 197 Å². The first-order valence-electron chi connectivity index (χ1n) is 10.5. The van der Waals surface area contributed by atoms with Crippen LogP contribution in [0.4, 0.5) is 10.1 Å². The van der Waals surface area contributed by atoms with Crippen molar-refractivity contribution in [3.05, 3.63) is 108 Å². The molecule has 0 spiro atoms. The Balaban J connectivity index is 1.59. The topological polar surface area (TPSA) is 84.3 Å². The number of nitrogens with one attached hydrogen (secondary N) is 1. The van der Waals surface area contributed by atoms with Crippen LogP contribution >= 0.6 is 0 Å². The number of aromatic nitrogens is 2. The van der Waals surface area contributed by atoms with Gasteiger partial charge in [0.05, 0.1) is 22.6 Å². The zero-order valence-electron chi connectivity index (χ0n) is 18.4. The van der Waals surface area contributed by atoms with Crippen molar-refractivity contribution in [2.24, 2.45) is 0 Å². The number of aryl methyl sites for hydroxylation is 1. The monoisotopic (exact) mass is 478 g/mol. The Bertz CT molecular complexity index is 1390. The number of halogens is 1. The lowest BCUT2D eigenvalue weighted by atomic mass is 10.1. The first-order valence-corrected chi connectivity index (χ1v) is 12.0. The number of benzene rings is 3. The number of hydrogen-bond donors (Lipinski definition) is 1. The van der Waals surface area contributed by atoms with E-state index >= 15 is 0 Å². The van der Waals surface area contributed by atoms with Gasteiger partial charge in [0.1, 0.15) is 12.4 Å². The molecule has 174 valence electrons. The van der Waals surface area contributed by atoms with Crippen molar-refractivity contribution in [1.29, 1.82) is 0 Å². The number of imidazole rings is 1. The minimum atomic E-state index is -4.19. The quantitative estimate of drug-likeness (QED) is 0.417. The van der Waals surface area contributed by atoms with Gasteiger partial charge >= 0.3 is 0 Å². The maximum absolute atomic E-state index is 14.6. The van der Waals surface area contributed by atoms with Gasteiger partial charge in [-0.3, -0.25) is 9.10 Å². The van der Waals surface area contributed by atoms with E-state index in [9.17, 15) is 17.6 Å². The summed E-state index contributed by atoms with van der Waals surface area (Å²) in [7, 11) is -4.19. The molecule has 0 bridgehead atoms. The summed E-state index contributed by atoms with van der Waals surface area (Å²) in [5.41, 5.74) is 2.33. The standard InChI is InChI=1S/C25H23FN4O3S/c1-19-10-12-21(13-11-19)34(32,33)30(24-9-5-3-7-22(24)26)17-25(31)28-16-20-6-2-4-8-23(20)29-15-14-27-18-29/h2-15,18H,16-17H2,1H3,(H,28,31). The van der Waals surface area contributed by atoms with Crippen molar-refractivity contribution < 1.29 is 17.6 Å². The van der Waals surface area contributed by atoms with Crippen molar-refractivity contribution in [3.63, 3.8) is 0 Å². The van der Waals surface area contributed by atoms with Crippen molar-refractivity contribution in [3.8, 4) is 5.69 Å². The third-order valence-corrected chi connectivity index (χ3v) is 7.04. The molecule has 4 rings (SSSR count). The van der Waals surface area contributed by atoms with Gasteiger partial charge in [-0.25, -0.2) is 17.8 Å². The molecule has 0 unspecified atom stereocenters. The van der Waals surface area contributed by atoms with Crippen LogP contribution in [0.15, 0.2) is 96.4 Å². The predicted molar refractivity (Wildman–Crippen MR) is 128 cm³/mol. The summed E-state index contributed by atoms with van der Waals surface area (Å²) in [4.78, 5) is 16.9. The number of anilines is 1. The van der Waals surface area contributed by atoms with E-state index in [0.29, 0.717) is 0 Å². The highest BCUT2D eigenvalue weighted by molar-refractivity contribution is 7.92. The number of sulfonamides is 1. The van der Waals surface area contributed by atoms with Gasteiger partial charge in [0.25, 0.3) is 10.0 Å². The molecule has 9 heteroatoms. The third-order valence-electron chi connectivity index (χ3n) is 5.27. The second kappa shape index (κ2) is 9.88. The van der Waals surface area contributed by atoms with Gasteiger partial charge in [-0.05, 0) is 42.8 Å². The molecule has 34 heavy (non-hydrogen) atoms. The first-order chi connectivity index (χ1) is 16.4. The summed E-state index contributed by atoms with van der Waals surface area (Å²) in [6.45, 7) is 1.41. The molecule has 0 aliphatic heterocycles. The summed E-state index contributed by atoms with van der Waals surface area (Å²) in [5.74, 6) is -1.31. The van der Waals surface area contributed by atoms with Crippen LogP contribution in [-0.2, 0) is 21.4 Å².